The number of rotatable bonds is 6. The second kappa shape index (κ2) is 9.95. The molecule has 1 aliphatic heterocycles. The van der Waals surface area contributed by atoms with Gasteiger partial charge in [-0.2, -0.15) is 0 Å². The van der Waals surface area contributed by atoms with E-state index in [1.807, 2.05) is 30.3 Å². The molecule has 1 unspecified atom stereocenters. The zero-order valence-corrected chi connectivity index (χ0v) is 18.0. The lowest BCUT2D eigenvalue weighted by molar-refractivity contribution is -0.119. The van der Waals surface area contributed by atoms with E-state index in [4.69, 9.17) is 4.74 Å². The van der Waals surface area contributed by atoms with Gasteiger partial charge in [0.2, 0.25) is 6.17 Å². The number of carbonyl (C=O) groups is 2. The van der Waals surface area contributed by atoms with Crippen molar-refractivity contribution in [1.29, 1.82) is 0 Å². The highest BCUT2D eigenvalue weighted by Crippen LogP contribution is 2.27. The molecule has 33 heavy (non-hydrogen) atoms. The van der Waals surface area contributed by atoms with E-state index in [9.17, 15) is 14.0 Å². The number of amides is 3. The Balaban J connectivity index is 1.52. The predicted octanol–water partition coefficient (Wildman–Crippen LogP) is 3.34. The highest BCUT2D eigenvalue weighted by atomic mass is 19.1. The molecule has 2 N–H and O–H groups in total. The SMILES string of the molecule is CN1C(=O)C(NC(=O)NCCOc2ccccc2)N=C(c2ccccc2F)c2ccccc21. The summed E-state index contributed by atoms with van der Waals surface area (Å²) in [6.45, 7) is 0.479. The smallest absolute Gasteiger partial charge is 0.316 e. The maximum Gasteiger partial charge on any atom is 0.316 e. The fourth-order valence-electron chi connectivity index (χ4n) is 3.51. The van der Waals surface area contributed by atoms with Crippen molar-refractivity contribution < 1.29 is 18.7 Å². The number of benzene rings is 3. The molecule has 0 saturated carbocycles. The third kappa shape index (κ3) is 5.01. The van der Waals surface area contributed by atoms with E-state index in [2.05, 4.69) is 15.6 Å². The predicted molar refractivity (Wildman–Crippen MR) is 124 cm³/mol. The van der Waals surface area contributed by atoms with Crippen molar-refractivity contribution >= 4 is 23.3 Å². The molecule has 3 aromatic rings. The first-order valence-electron chi connectivity index (χ1n) is 10.5. The molecule has 0 radical (unpaired) electrons. The Bertz CT molecular complexity index is 1180. The van der Waals surface area contributed by atoms with Gasteiger partial charge < -0.3 is 20.3 Å². The standard InChI is InChI=1S/C25H23FN4O3/c1-30-21-14-8-6-12-19(21)22(18-11-5-7-13-20(18)26)28-23(24(30)31)29-25(32)27-15-16-33-17-9-3-2-4-10-17/h2-14,23H,15-16H2,1H3,(H2,27,29,32). The molecule has 3 aromatic carbocycles. The fourth-order valence-corrected chi connectivity index (χ4v) is 3.51. The minimum absolute atomic E-state index is 0.224. The van der Waals surface area contributed by atoms with Crippen LogP contribution < -0.4 is 20.3 Å². The number of aliphatic imine (C=N–C) groups is 1. The van der Waals surface area contributed by atoms with Crippen LogP contribution in [-0.2, 0) is 4.79 Å². The van der Waals surface area contributed by atoms with Crippen molar-refractivity contribution in [3.05, 3.63) is 95.8 Å². The normalized spacial score (nSPS) is 15.2. The molecule has 1 heterocycles. The number of nitrogens with one attached hydrogen (secondary N) is 2. The summed E-state index contributed by atoms with van der Waals surface area (Å²) in [7, 11) is 1.60. The van der Waals surface area contributed by atoms with Crippen LogP contribution in [0.25, 0.3) is 0 Å². The van der Waals surface area contributed by atoms with Gasteiger partial charge in [0.25, 0.3) is 5.91 Å². The highest BCUT2D eigenvalue weighted by molar-refractivity contribution is 6.20. The topological polar surface area (TPSA) is 83.0 Å². The molecule has 1 aliphatic rings. The quantitative estimate of drug-likeness (QED) is 0.570. The van der Waals surface area contributed by atoms with Gasteiger partial charge in [-0.3, -0.25) is 4.79 Å². The molecule has 4 rings (SSSR count). The van der Waals surface area contributed by atoms with Gasteiger partial charge in [-0.25, -0.2) is 14.2 Å². The number of ether oxygens (including phenoxy) is 1. The Hall–Kier alpha value is -4.20. The first kappa shape index (κ1) is 22.0. The summed E-state index contributed by atoms with van der Waals surface area (Å²) in [5.74, 6) is -0.217. The van der Waals surface area contributed by atoms with Gasteiger partial charge in [0, 0.05) is 18.2 Å². The molecule has 1 atom stereocenters. The van der Waals surface area contributed by atoms with Crippen molar-refractivity contribution in [1.82, 2.24) is 10.6 Å². The van der Waals surface area contributed by atoms with Gasteiger partial charge >= 0.3 is 6.03 Å². The van der Waals surface area contributed by atoms with Crippen LogP contribution in [0.2, 0.25) is 0 Å². The maximum atomic E-state index is 14.6. The first-order chi connectivity index (χ1) is 16.0. The van der Waals surface area contributed by atoms with Crippen LogP contribution in [0.3, 0.4) is 0 Å². The lowest BCUT2D eigenvalue weighted by Gasteiger charge is -2.21. The number of fused-ring (bicyclic) bond motifs is 1. The summed E-state index contributed by atoms with van der Waals surface area (Å²) in [6, 6.07) is 22.0. The molecule has 0 saturated heterocycles. The Morgan fingerprint density at radius 2 is 1.67 bits per heavy atom. The number of nitrogens with zero attached hydrogens (tertiary/aromatic N) is 2. The molecule has 7 nitrogen and oxygen atoms in total. The molecule has 0 aliphatic carbocycles. The zero-order chi connectivity index (χ0) is 23.2. The van der Waals surface area contributed by atoms with Gasteiger partial charge in [-0.15, -0.1) is 0 Å². The van der Waals surface area contributed by atoms with Crippen LogP contribution in [0.4, 0.5) is 14.9 Å². The van der Waals surface area contributed by atoms with E-state index in [0.717, 1.165) is 0 Å². The number of hydrogen-bond donors (Lipinski definition) is 2. The minimum atomic E-state index is -1.23. The van der Waals surface area contributed by atoms with Crippen molar-refractivity contribution in [2.24, 2.45) is 4.99 Å². The summed E-state index contributed by atoms with van der Waals surface area (Å²) in [6.07, 6.45) is -1.23. The van der Waals surface area contributed by atoms with Gasteiger partial charge in [-0.05, 0) is 30.3 Å². The molecule has 168 valence electrons. The third-order valence-electron chi connectivity index (χ3n) is 5.14. The molecular weight excluding hydrogens is 423 g/mol. The molecule has 0 fully saturated rings. The maximum absolute atomic E-state index is 14.6. The van der Waals surface area contributed by atoms with Crippen molar-refractivity contribution in [2.45, 2.75) is 6.17 Å². The molecule has 8 heteroatoms. The van der Waals surface area contributed by atoms with E-state index >= 15 is 0 Å². The molecule has 0 aromatic heterocycles. The minimum Gasteiger partial charge on any atom is -0.492 e. The summed E-state index contributed by atoms with van der Waals surface area (Å²) < 4.78 is 20.2. The average Bonchev–Trinajstić information content (AvgIpc) is 2.94. The van der Waals surface area contributed by atoms with Crippen molar-refractivity contribution in [3.63, 3.8) is 0 Å². The van der Waals surface area contributed by atoms with Gasteiger partial charge in [0.05, 0.1) is 17.9 Å². The summed E-state index contributed by atoms with van der Waals surface area (Å²) >= 11 is 0. The number of para-hydroxylation sites is 2. The van der Waals surface area contributed by atoms with Gasteiger partial charge in [0.1, 0.15) is 18.2 Å². The summed E-state index contributed by atoms with van der Waals surface area (Å²) in [5, 5.41) is 5.24. The summed E-state index contributed by atoms with van der Waals surface area (Å²) in [5.41, 5.74) is 1.71. The van der Waals surface area contributed by atoms with Gasteiger partial charge in [0.15, 0.2) is 0 Å². The number of benzodiazepines with no additional fused rings is 1. The van der Waals surface area contributed by atoms with Crippen LogP contribution in [0.15, 0.2) is 83.9 Å². The van der Waals surface area contributed by atoms with E-state index in [1.165, 1.54) is 11.0 Å². The monoisotopic (exact) mass is 446 g/mol. The highest BCUT2D eigenvalue weighted by Gasteiger charge is 2.31. The Kier molecular flexibility index (Phi) is 6.64. The number of urea groups is 1. The Morgan fingerprint density at radius 1 is 1.00 bits per heavy atom. The number of carbonyl (C=O) groups excluding carboxylic acids is 2. The largest absolute Gasteiger partial charge is 0.492 e. The van der Waals surface area contributed by atoms with E-state index < -0.39 is 23.9 Å². The van der Waals surface area contributed by atoms with E-state index in [0.29, 0.717) is 22.7 Å². The van der Waals surface area contributed by atoms with Crippen molar-refractivity contribution in [3.8, 4) is 5.75 Å². The second-order valence-electron chi connectivity index (χ2n) is 7.34. The number of anilines is 1. The Morgan fingerprint density at radius 3 is 2.42 bits per heavy atom. The van der Waals surface area contributed by atoms with Crippen LogP contribution in [0.1, 0.15) is 11.1 Å². The lowest BCUT2D eigenvalue weighted by atomic mass is 10.00. The third-order valence-corrected chi connectivity index (χ3v) is 5.14. The summed E-state index contributed by atoms with van der Waals surface area (Å²) in [4.78, 5) is 31.4. The van der Waals surface area contributed by atoms with Gasteiger partial charge in [-0.1, -0.05) is 48.5 Å². The van der Waals surface area contributed by atoms with Crippen LogP contribution in [-0.4, -0.2) is 44.0 Å². The molecule has 3 amide bonds. The van der Waals surface area contributed by atoms with E-state index in [1.54, 1.807) is 49.5 Å². The number of hydrogen-bond acceptors (Lipinski definition) is 4. The fraction of sp³-hybridized carbons (Fsp3) is 0.160. The second-order valence-corrected chi connectivity index (χ2v) is 7.34. The first-order valence-corrected chi connectivity index (χ1v) is 10.5. The van der Waals surface area contributed by atoms with Crippen LogP contribution in [0, 0.1) is 5.82 Å². The molecule has 0 spiro atoms. The number of halogens is 1. The van der Waals surface area contributed by atoms with Crippen LogP contribution in [0.5, 0.6) is 5.75 Å². The van der Waals surface area contributed by atoms with E-state index in [-0.39, 0.29) is 18.7 Å². The average molecular weight is 446 g/mol. The Labute approximate surface area is 190 Å². The zero-order valence-electron chi connectivity index (χ0n) is 18.0. The number of likely N-dealkylation sites (N-methyl/N-ethyl adjacent to an activating group) is 1. The molecule has 0 bridgehead atoms. The van der Waals surface area contributed by atoms with Crippen molar-refractivity contribution in [2.75, 3.05) is 25.1 Å². The van der Waals surface area contributed by atoms with Crippen LogP contribution >= 0.6 is 0 Å². The lowest BCUT2D eigenvalue weighted by Crippen LogP contribution is -2.49. The molecular formula is C25H23FN4O3.